The molecule has 1 aliphatic rings. The van der Waals surface area contributed by atoms with Gasteiger partial charge in [0.15, 0.2) is 0 Å². The van der Waals surface area contributed by atoms with Crippen LogP contribution in [-0.4, -0.2) is 18.1 Å². The Hall–Kier alpha value is -1.19. The molecule has 11 heavy (non-hydrogen) atoms. The topological polar surface area (TPSA) is 63.2 Å². The molecule has 2 amide bonds. The third-order valence-corrected chi connectivity index (χ3v) is 1.73. The van der Waals surface area contributed by atoms with E-state index in [1.165, 1.54) is 0 Å². The molecule has 0 aromatic carbocycles. The molecule has 1 rings (SSSR count). The summed E-state index contributed by atoms with van der Waals surface area (Å²) in [6.45, 7) is 0. The molecule has 1 fully saturated rings. The second-order valence-electron chi connectivity index (χ2n) is 2.55. The van der Waals surface area contributed by atoms with Gasteiger partial charge in [-0.2, -0.15) is 0 Å². The van der Waals surface area contributed by atoms with Crippen LogP contribution in [0.25, 0.3) is 0 Å². The minimum Gasteiger partial charge on any atom is -0.303 e. The average molecular weight is 155 g/mol. The van der Waals surface area contributed by atoms with Crippen LogP contribution < -0.4 is 5.32 Å². The minimum atomic E-state index is -0.312. The maximum Gasteiger partial charge on any atom is 0.230 e. The van der Waals surface area contributed by atoms with E-state index in [9.17, 15) is 14.4 Å². The molecule has 0 spiro atoms. The first kappa shape index (κ1) is 7.91. The molecule has 1 aliphatic heterocycles. The lowest BCUT2D eigenvalue weighted by molar-refractivity contribution is -0.137. The van der Waals surface area contributed by atoms with E-state index in [-0.39, 0.29) is 24.2 Å². The van der Waals surface area contributed by atoms with Crippen LogP contribution >= 0.6 is 0 Å². The fourth-order valence-electron chi connectivity index (χ4n) is 1.08. The van der Waals surface area contributed by atoms with E-state index in [2.05, 4.69) is 5.32 Å². The Bertz CT molecular complexity index is 200. The van der Waals surface area contributed by atoms with Crippen molar-refractivity contribution >= 4 is 18.1 Å². The zero-order valence-corrected chi connectivity index (χ0v) is 6.00. The molecule has 1 unspecified atom stereocenters. The van der Waals surface area contributed by atoms with Gasteiger partial charge in [-0.3, -0.25) is 14.9 Å². The number of amides is 2. The van der Waals surface area contributed by atoms with Crippen LogP contribution in [-0.2, 0) is 14.4 Å². The summed E-state index contributed by atoms with van der Waals surface area (Å²) in [6.07, 6.45) is 1.78. The van der Waals surface area contributed by atoms with E-state index in [0.717, 1.165) is 0 Å². The lowest BCUT2D eigenvalue weighted by Crippen LogP contribution is -2.40. The standard InChI is InChI=1S/C7H9NO3/c9-4-3-5-1-2-6(10)8-7(5)11/h4-5H,1-3H2,(H,8,10,11). The quantitative estimate of drug-likeness (QED) is 0.437. The number of carbonyl (C=O) groups is 3. The predicted octanol–water partition coefficient (Wildman–Crippen LogP) is -0.372. The molecule has 1 saturated heterocycles. The number of piperidine rings is 1. The highest BCUT2D eigenvalue weighted by molar-refractivity contribution is 5.99. The van der Waals surface area contributed by atoms with Gasteiger partial charge in [0, 0.05) is 18.8 Å². The van der Waals surface area contributed by atoms with Crippen molar-refractivity contribution in [3.63, 3.8) is 0 Å². The SMILES string of the molecule is O=CCC1CCC(=O)NC1=O. The summed E-state index contributed by atoms with van der Waals surface area (Å²) in [7, 11) is 0. The van der Waals surface area contributed by atoms with E-state index in [0.29, 0.717) is 19.1 Å². The highest BCUT2D eigenvalue weighted by Crippen LogP contribution is 2.14. The van der Waals surface area contributed by atoms with Crippen molar-refractivity contribution in [1.82, 2.24) is 5.32 Å². The minimum absolute atomic E-state index is 0.221. The fraction of sp³-hybridized carbons (Fsp3) is 0.571. The molecule has 1 heterocycles. The number of carbonyl (C=O) groups excluding carboxylic acids is 3. The molecule has 0 aliphatic carbocycles. The van der Waals surface area contributed by atoms with Crippen molar-refractivity contribution in [2.24, 2.45) is 5.92 Å². The van der Waals surface area contributed by atoms with Crippen molar-refractivity contribution in [2.75, 3.05) is 0 Å². The predicted molar refractivity (Wildman–Crippen MR) is 36.6 cm³/mol. The summed E-state index contributed by atoms with van der Waals surface area (Å²) in [5.74, 6) is -0.837. The van der Waals surface area contributed by atoms with Crippen LogP contribution in [0.5, 0.6) is 0 Å². The first-order valence-corrected chi connectivity index (χ1v) is 3.51. The summed E-state index contributed by atoms with van der Waals surface area (Å²) in [4.78, 5) is 31.5. The third kappa shape index (κ3) is 1.86. The molecule has 1 atom stereocenters. The van der Waals surface area contributed by atoms with Gasteiger partial charge in [0.25, 0.3) is 0 Å². The van der Waals surface area contributed by atoms with Crippen LogP contribution in [0.2, 0.25) is 0 Å². The lowest BCUT2D eigenvalue weighted by Gasteiger charge is -2.17. The van der Waals surface area contributed by atoms with Crippen LogP contribution in [0.3, 0.4) is 0 Å². The van der Waals surface area contributed by atoms with Gasteiger partial charge in [0.1, 0.15) is 6.29 Å². The van der Waals surface area contributed by atoms with Gasteiger partial charge in [-0.25, -0.2) is 0 Å². The van der Waals surface area contributed by atoms with Gasteiger partial charge < -0.3 is 4.79 Å². The van der Waals surface area contributed by atoms with Crippen LogP contribution in [0, 0.1) is 5.92 Å². The maximum absolute atomic E-state index is 10.9. The summed E-state index contributed by atoms with van der Waals surface area (Å²) in [5, 5.41) is 2.18. The van der Waals surface area contributed by atoms with E-state index >= 15 is 0 Å². The molecular weight excluding hydrogens is 146 g/mol. The van der Waals surface area contributed by atoms with Crippen LogP contribution in [0.15, 0.2) is 0 Å². The Morgan fingerprint density at radius 3 is 2.82 bits per heavy atom. The number of aldehydes is 1. The number of hydrogen-bond donors (Lipinski definition) is 1. The van der Waals surface area contributed by atoms with E-state index < -0.39 is 0 Å². The Labute approximate surface area is 64.0 Å². The van der Waals surface area contributed by atoms with Crippen molar-refractivity contribution < 1.29 is 14.4 Å². The maximum atomic E-state index is 10.9. The zero-order valence-electron chi connectivity index (χ0n) is 6.00. The van der Waals surface area contributed by atoms with Crippen molar-refractivity contribution in [3.8, 4) is 0 Å². The van der Waals surface area contributed by atoms with Gasteiger partial charge in [-0.15, -0.1) is 0 Å². The second-order valence-corrected chi connectivity index (χ2v) is 2.55. The molecule has 60 valence electrons. The Kier molecular flexibility index (Phi) is 2.36. The monoisotopic (exact) mass is 155 g/mol. The molecule has 4 heteroatoms. The van der Waals surface area contributed by atoms with E-state index in [1.807, 2.05) is 0 Å². The van der Waals surface area contributed by atoms with Crippen LogP contribution in [0.4, 0.5) is 0 Å². The summed E-state index contributed by atoms with van der Waals surface area (Å²) < 4.78 is 0. The normalized spacial score (nSPS) is 24.5. The van der Waals surface area contributed by atoms with E-state index in [4.69, 9.17) is 0 Å². The summed E-state index contributed by atoms with van der Waals surface area (Å²) in [5.41, 5.74) is 0. The fourth-order valence-corrected chi connectivity index (χ4v) is 1.08. The zero-order chi connectivity index (χ0) is 8.27. The second kappa shape index (κ2) is 3.27. The third-order valence-electron chi connectivity index (χ3n) is 1.73. The van der Waals surface area contributed by atoms with Gasteiger partial charge in [-0.1, -0.05) is 0 Å². The summed E-state index contributed by atoms with van der Waals surface area (Å²) in [6, 6.07) is 0. The van der Waals surface area contributed by atoms with E-state index in [1.54, 1.807) is 0 Å². The molecule has 1 N–H and O–H groups in total. The van der Waals surface area contributed by atoms with Crippen molar-refractivity contribution in [2.45, 2.75) is 19.3 Å². The first-order chi connectivity index (χ1) is 5.24. The number of rotatable bonds is 2. The van der Waals surface area contributed by atoms with Gasteiger partial charge in [0.2, 0.25) is 11.8 Å². The van der Waals surface area contributed by atoms with Gasteiger partial charge in [0.05, 0.1) is 0 Å². The molecule has 0 saturated carbocycles. The number of nitrogens with one attached hydrogen (secondary N) is 1. The van der Waals surface area contributed by atoms with Crippen molar-refractivity contribution in [3.05, 3.63) is 0 Å². The highest BCUT2D eigenvalue weighted by atomic mass is 16.2. The smallest absolute Gasteiger partial charge is 0.230 e. The first-order valence-electron chi connectivity index (χ1n) is 3.51. The van der Waals surface area contributed by atoms with Crippen molar-refractivity contribution in [1.29, 1.82) is 0 Å². The largest absolute Gasteiger partial charge is 0.303 e. The number of hydrogen-bond acceptors (Lipinski definition) is 3. The average Bonchev–Trinajstić information content (AvgIpc) is 1.95. The Morgan fingerprint density at radius 1 is 1.55 bits per heavy atom. The van der Waals surface area contributed by atoms with Gasteiger partial charge in [-0.05, 0) is 6.42 Å². The Balaban J connectivity index is 2.50. The van der Waals surface area contributed by atoms with Crippen LogP contribution in [0.1, 0.15) is 19.3 Å². The summed E-state index contributed by atoms with van der Waals surface area (Å²) >= 11 is 0. The highest BCUT2D eigenvalue weighted by Gasteiger charge is 2.25. The lowest BCUT2D eigenvalue weighted by atomic mass is 9.96. The molecule has 0 aromatic heterocycles. The number of imide groups is 1. The van der Waals surface area contributed by atoms with Gasteiger partial charge >= 0.3 is 0 Å². The molecule has 4 nitrogen and oxygen atoms in total. The Morgan fingerprint density at radius 2 is 2.27 bits per heavy atom. The molecular formula is C7H9NO3. The molecule has 0 bridgehead atoms. The molecule has 0 aromatic rings. The molecule has 0 radical (unpaired) electrons.